The van der Waals surface area contributed by atoms with Gasteiger partial charge in [-0.25, -0.2) is 0 Å². The lowest BCUT2D eigenvalue weighted by molar-refractivity contribution is 0.243. The lowest BCUT2D eigenvalue weighted by Crippen LogP contribution is -2.08. The standard InChI is InChI=1S/C15H18N4OS/c1-10(2)20-13-6-4-3-5-11(13)12-9-21-15-18-17-14(7-8-16)19(12)15/h3-6,9-10H,7-8,16H2,1-2H3. The molecule has 0 saturated heterocycles. The van der Waals surface area contributed by atoms with Crippen LogP contribution in [-0.4, -0.2) is 27.2 Å². The number of fused-ring (bicyclic) bond motifs is 1. The van der Waals surface area contributed by atoms with Gasteiger partial charge in [-0.2, -0.15) is 0 Å². The zero-order chi connectivity index (χ0) is 14.8. The van der Waals surface area contributed by atoms with E-state index in [0.29, 0.717) is 13.0 Å². The Kier molecular flexibility index (Phi) is 3.90. The van der Waals surface area contributed by atoms with Crippen molar-refractivity contribution in [3.05, 3.63) is 35.5 Å². The van der Waals surface area contributed by atoms with Crippen molar-refractivity contribution >= 4 is 16.3 Å². The van der Waals surface area contributed by atoms with Crippen molar-refractivity contribution in [1.82, 2.24) is 14.6 Å². The predicted molar refractivity (Wildman–Crippen MR) is 84.8 cm³/mol. The third-order valence-corrected chi connectivity index (χ3v) is 3.93. The molecule has 21 heavy (non-hydrogen) atoms. The van der Waals surface area contributed by atoms with Gasteiger partial charge in [0, 0.05) is 17.4 Å². The lowest BCUT2D eigenvalue weighted by atomic mass is 10.1. The third kappa shape index (κ3) is 2.64. The molecule has 0 fully saturated rings. The summed E-state index contributed by atoms with van der Waals surface area (Å²) >= 11 is 1.58. The van der Waals surface area contributed by atoms with Gasteiger partial charge < -0.3 is 10.5 Å². The molecule has 0 aliphatic carbocycles. The van der Waals surface area contributed by atoms with Gasteiger partial charge in [0.2, 0.25) is 4.96 Å². The topological polar surface area (TPSA) is 65.4 Å². The normalized spacial score (nSPS) is 11.4. The summed E-state index contributed by atoms with van der Waals surface area (Å²) in [6.07, 6.45) is 0.836. The Bertz CT molecular complexity index is 747. The van der Waals surface area contributed by atoms with Crippen molar-refractivity contribution in [3.63, 3.8) is 0 Å². The minimum Gasteiger partial charge on any atom is -0.490 e. The average Bonchev–Trinajstić information content (AvgIpc) is 3.02. The highest BCUT2D eigenvalue weighted by atomic mass is 32.1. The third-order valence-electron chi connectivity index (χ3n) is 3.11. The first-order valence-corrected chi connectivity index (χ1v) is 7.86. The second-order valence-electron chi connectivity index (χ2n) is 5.06. The molecule has 110 valence electrons. The summed E-state index contributed by atoms with van der Waals surface area (Å²) in [4.78, 5) is 0.882. The second-order valence-corrected chi connectivity index (χ2v) is 5.89. The van der Waals surface area contributed by atoms with Crippen molar-refractivity contribution < 1.29 is 4.74 Å². The highest BCUT2D eigenvalue weighted by Gasteiger charge is 2.16. The summed E-state index contributed by atoms with van der Waals surface area (Å²) in [7, 11) is 0. The zero-order valence-corrected chi connectivity index (χ0v) is 12.9. The largest absolute Gasteiger partial charge is 0.490 e. The monoisotopic (exact) mass is 302 g/mol. The number of aromatic nitrogens is 3. The van der Waals surface area contributed by atoms with Crippen LogP contribution in [0.25, 0.3) is 16.2 Å². The average molecular weight is 302 g/mol. The summed E-state index contributed by atoms with van der Waals surface area (Å²) < 4.78 is 7.99. The van der Waals surface area contributed by atoms with Gasteiger partial charge in [0.1, 0.15) is 11.6 Å². The van der Waals surface area contributed by atoms with Crippen LogP contribution < -0.4 is 10.5 Å². The Morgan fingerprint density at radius 3 is 2.86 bits per heavy atom. The minimum absolute atomic E-state index is 0.129. The van der Waals surface area contributed by atoms with Gasteiger partial charge in [-0.05, 0) is 32.5 Å². The van der Waals surface area contributed by atoms with Crippen LogP contribution in [0.1, 0.15) is 19.7 Å². The van der Waals surface area contributed by atoms with E-state index in [4.69, 9.17) is 10.5 Å². The van der Waals surface area contributed by atoms with Crippen LogP contribution in [0.3, 0.4) is 0 Å². The molecule has 3 aromatic rings. The van der Waals surface area contributed by atoms with Crippen molar-refractivity contribution in [2.24, 2.45) is 5.73 Å². The molecule has 3 rings (SSSR count). The molecule has 5 nitrogen and oxygen atoms in total. The maximum absolute atomic E-state index is 5.92. The fourth-order valence-corrected chi connectivity index (χ4v) is 3.14. The molecular formula is C15H18N4OS. The Morgan fingerprint density at radius 2 is 2.10 bits per heavy atom. The zero-order valence-electron chi connectivity index (χ0n) is 12.1. The maximum atomic E-state index is 5.92. The Balaban J connectivity index is 2.14. The summed E-state index contributed by atoms with van der Waals surface area (Å²) in [5.74, 6) is 1.77. The molecule has 0 atom stereocenters. The van der Waals surface area contributed by atoms with E-state index in [9.17, 15) is 0 Å². The van der Waals surface area contributed by atoms with Gasteiger partial charge in [0.15, 0.2) is 0 Å². The second kappa shape index (κ2) is 5.83. The number of nitrogens with two attached hydrogens (primary N) is 1. The van der Waals surface area contributed by atoms with Crippen LogP contribution in [0.15, 0.2) is 29.6 Å². The van der Waals surface area contributed by atoms with Crippen LogP contribution in [0, 0.1) is 0 Å². The SMILES string of the molecule is CC(C)Oc1ccccc1-c1csc2nnc(CCN)n12. The number of benzene rings is 1. The van der Waals surface area contributed by atoms with Gasteiger partial charge in [-0.1, -0.05) is 12.1 Å². The van der Waals surface area contributed by atoms with E-state index < -0.39 is 0 Å². The molecule has 2 N–H and O–H groups in total. The van der Waals surface area contributed by atoms with E-state index in [0.717, 1.165) is 27.8 Å². The molecule has 0 amide bonds. The molecule has 0 aliphatic heterocycles. The van der Waals surface area contributed by atoms with Crippen LogP contribution in [0.4, 0.5) is 0 Å². The molecule has 0 bridgehead atoms. The van der Waals surface area contributed by atoms with E-state index in [-0.39, 0.29) is 6.10 Å². The van der Waals surface area contributed by atoms with E-state index in [1.807, 2.05) is 32.0 Å². The van der Waals surface area contributed by atoms with E-state index >= 15 is 0 Å². The predicted octanol–water partition coefficient (Wildman–Crippen LogP) is 2.75. The van der Waals surface area contributed by atoms with Crippen LogP contribution in [0.2, 0.25) is 0 Å². The van der Waals surface area contributed by atoms with Gasteiger partial charge >= 0.3 is 0 Å². The fourth-order valence-electron chi connectivity index (χ4n) is 2.29. The summed E-state index contributed by atoms with van der Waals surface area (Å²) in [6, 6.07) is 8.05. The molecule has 0 radical (unpaired) electrons. The van der Waals surface area contributed by atoms with Gasteiger partial charge in [0.05, 0.1) is 11.8 Å². The summed E-state index contributed by atoms with van der Waals surface area (Å²) in [5.41, 5.74) is 7.77. The first-order valence-electron chi connectivity index (χ1n) is 6.98. The Morgan fingerprint density at radius 1 is 1.29 bits per heavy atom. The molecular weight excluding hydrogens is 284 g/mol. The highest BCUT2D eigenvalue weighted by molar-refractivity contribution is 7.15. The highest BCUT2D eigenvalue weighted by Crippen LogP contribution is 2.33. The van der Waals surface area contributed by atoms with Crippen molar-refractivity contribution in [1.29, 1.82) is 0 Å². The van der Waals surface area contributed by atoms with Gasteiger partial charge in [-0.3, -0.25) is 4.40 Å². The van der Waals surface area contributed by atoms with Crippen molar-refractivity contribution in [3.8, 4) is 17.0 Å². The number of rotatable bonds is 5. The number of nitrogens with zero attached hydrogens (tertiary/aromatic N) is 3. The molecule has 1 aromatic carbocycles. The summed E-state index contributed by atoms with van der Waals surface area (Å²) in [5, 5.41) is 10.5. The maximum Gasteiger partial charge on any atom is 0.216 e. The lowest BCUT2D eigenvalue weighted by Gasteiger charge is -2.14. The van der Waals surface area contributed by atoms with E-state index in [2.05, 4.69) is 26.0 Å². The molecule has 2 heterocycles. The minimum atomic E-state index is 0.129. The Hall–Kier alpha value is -1.92. The smallest absolute Gasteiger partial charge is 0.216 e. The Labute approximate surface area is 127 Å². The van der Waals surface area contributed by atoms with Crippen LogP contribution in [0.5, 0.6) is 5.75 Å². The van der Waals surface area contributed by atoms with Crippen molar-refractivity contribution in [2.45, 2.75) is 26.4 Å². The molecule has 2 aromatic heterocycles. The van der Waals surface area contributed by atoms with E-state index in [1.165, 1.54) is 0 Å². The van der Waals surface area contributed by atoms with Crippen LogP contribution >= 0.6 is 11.3 Å². The summed E-state index contributed by atoms with van der Waals surface area (Å²) in [6.45, 7) is 4.61. The molecule has 0 spiro atoms. The number of ether oxygens (including phenoxy) is 1. The molecule has 0 unspecified atom stereocenters. The quantitative estimate of drug-likeness (QED) is 0.787. The first kappa shape index (κ1) is 14.0. The van der Waals surface area contributed by atoms with Gasteiger partial charge in [-0.15, -0.1) is 21.5 Å². The van der Waals surface area contributed by atoms with E-state index in [1.54, 1.807) is 11.3 Å². The number of para-hydroxylation sites is 1. The number of hydrogen-bond acceptors (Lipinski definition) is 5. The van der Waals surface area contributed by atoms with Gasteiger partial charge in [0.25, 0.3) is 0 Å². The molecule has 0 aliphatic rings. The number of hydrogen-bond donors (Lipinski definition) is 1. The number of thiazole rings is 1. The van der Waals surface area contributed by atoms with Crippen LogP contribution in [-0.2, 0) is 6.42 Å². The van der Waals surface area contributed by atoms with Crippen molar-refractivity contribution in [2.75, 3.05) is 6.54 Å². The fraction of sp³-hybridized carbons (Fsp3) is 0.333. The molecule has 0 saturated carbocycles. The first-order chi connectivity index (χ1) is 10.2. The molecule has 6 heteroatoms.